The van der Waals surface area contributed by atoms with E-state index in [0.29, 0.717) is 18.0 Å². The van der Waals surface area contributed by atoms with Gasteiger partial charge in [0.2, 0.25) is 0 Å². The Balaban J connectivity index is 1.73. The number of carbonyl (C=O) groups excluding carboxylic acids is 1. The normalized spacial score (nSPS) is 16.9. The molecule has 4 heteroatoms. The highest BCUT2D eigenvalue weighted by Crippen LogP contribution is 2.33. The van der Waals surface area contributed by atoms with Crippen LogP contribution in [0.4, 0.5) is 5.69 Å². The van der Waals surface area contributed by atoms with E-state index in [1.165, 1.54) is 0 Å². The maximum Gasteiger partial charge on any atom is 0.265 e. The first-order valence-electron chi connectivity index (χ1n) is 6.51. The van der Waals surface area contributed by atoms with E-state index in [-0.39, 0.29) is 5.91 Å². The molecule has 1 atom stereocenters. The molecule has 1 aliphatic heterocycles. The molecule has 0 bridgehead atoms. The van der Waals surface area contributed by atoms with E-state index in [4.69, 9.17) is 9.47 Å². The average molecular weight is 269 g/mol. The molecule has 2 aromatic rings. The van der Waals surface area contributed by atoms with Gasteiger partial charge in [0.1, 0.15) is 18.1 Å². The second kappa shape index (κ2) is 5.25. The Kier molecular flexibility index (Phi) is 3.29. The minimum absolute atomic E-state index is 0.129. The van der Waals surface area contributed by atoms with Gasteiger partial charge >= 0.3 is 0 Å². The molecule has 2 aromatic carbocycles. The van der Waals surface area contributed by atoms with Gasteiger partial charge in [-0.1, -0.05) is 30.3 Å². The van der Waals surface area contributed by atoms with E-state index in [9.17, 15) is 4.79 Å². The second-order valence-corrected chi connectivity index (χ2v) is 4.68. The molecule has 1 unspecified atom stereocenters. The van der Waals surface area contributed by atoms with Gasteiger partial charge in [-0.2, -0.15) is 0 Å². The zero-order valence-electron chi connectivity index (χ0n) is 11.1. The molecule has 0 saturated carbocycles. The summed E-state index contributed by atoms with van der Waals surface area (Å²) in [6, 6.07) is 15.4. The first-order valence-corrected chi connectivity index (χ1v) is 6.51. The van der Waals surface area contributed by atoms with Gasteiger partial charge in [0.25, 0.3) is 5.91 Å². The van der Waals surface area contributed by atoms with Crippen LogP contribution in [-0.4, -0.2) is 12.0 Å². The van der Waals surface area contributed by atoms with E-state index >= 15 is 0 Å². The smallest absolute Gasteiger partial charge is 0.265 e. The van der Waals surface area contributed by atoms with Crippen LogP contribution in [-0.2, 0) is 11.4 Å². The minimum atomic E-state index is -0.480. The fourth-order valence-corrected chi connectivity index (χ4v) is 2.01. The highest BCUT2D eigenvalue weighted by Gasteiger charge is 2.23. The third kappa shape index (κ3) is 2.59. The Morgan fingerprint density at radius 3 is 2.80 bits per heavy atom. The quantitative estimate of drug-likeness (QED) is 0.931. The van der Waals surface area contributed by atoms with Crippen LogP contribution in [0.2, 0.25) is 0 Å². The molecule has 1 amide bonds. The monoisotopic (exact) mass is 269 g/mol. The van der Waals surface area contributed by atoms with Crippen LogP contribution in [0.3, 0.4) is 0 Å². The molecule has 0 aliphatic carbocycles. The van der Waals surface area contributed by atoms with Crippen LogP contribution in [0.15, 0.2) is 48.5 Å². The predicted molar refractivity (Wildman–Crippen MR) is 75.9 cm³/mol. The summed E-state index contributed by atoms with van der Waals surface area (Å²) in [6.07, 6.45) is -0.480. The summed E-state index contributed by atoms with van der Waals surface area (Å²) in [5, 5.41) is 2.79. The van der Waals surface area contributed by atoms with Crippen LogP contribution in [0.1, 0.15) is 12.5 Å². The molecule has 0 fully saturated rings. The number of fused-ring (bicyclic) bond motifs is 1. The number of benzene rings is 2. The Morgan fingerprint density at radius 2 is 2.00 bits per heavy atom. The number of carbonyl (C=O) groups is 1. The summed E-state index contributed by atoms with van der Waals surface area (Å²) >= 11 is 0. The molecular weight excluding hydrogens is 254 g/mol. The van der Waals surface area contributed by atoms with Crippen LogP contribution in [0.25, 0.3) is 0 Å². The fraction of sp³-hybridized carbons (Fsp3) is 0.188. The lowest BCUT2D eigenvalue weighted by Gasteiger charge is -2.23. The lowest BCUT2D eigenvalue weighted by molar-refractivity contribution is -0.122. The van der Waals surface area contributed by atoms with Gasteiger partial charge in [-0.05, 0) is 24.6 Å². The van der Waals surface area contributed by atoms with Gasteiger partial charge in [-0.25, -0.2) is 0 Å². The molecule has 1 N–H and O–H groups in total. The molecule has 0 aromatic heterocycles. The second-order valence-electron chi connectivity index (χ2n) is 4.68. The van der Waals surface area contributed by atoms with Gasteiger partial charge in [0.15, 0.2) is 6.10 Å². The Morgan fingerprint density at radius 1 is 1.20 bits per heavy atom. The molecule has 0 spiro atoms. The van der Waals surface area contributed by atoms with Crippen molar-refractivity contribution >= 4 is 11.6 Å². The van der Waals surface area contributed by atoms with E-state index in [0.717, 1.165) is 11.3 Å². The highest BCUT2D eigenvalue weighted by atomic mass is 16.5. The lowest BCUT2D eigenvalue weighted by atomic mass is 10.2. The molecule has 1 heterocycles. The third-order valence-corrected chi connectivity index (χ3v) is 3.13. The van der Waals surface area contributed by atoms with E-state index in [2.05, 4.69) is 5.32 Å². The van der Waals surface area contributed by atoms with E-state index in [1.54, 1.807) is 19.1 Å². The van der Waals surface area contributed by atoms with Crippen molar-refractivity contribution in [3.63, 3.8) is 0 Å². The lowest BCUT2D eigenvalue weighted by Crippen LogP contribution is -2.34. The number of anilines is 1. The molecule has 1 aliphatic rings. The van der Waals surface area contributed by atoms with Gasteiger partial charge in [0, 0.05) is 6.07 Å². The maximum atomic E-state index is 11.5. The number of hydrogen-bond acceptors (Lipinski definition) is 3. The molecule has 4 nitrogen and oxygen atoms in total. The van der Waals surface area contributed by atoms with Crippen LogP contribution < -0.4 is 14.8 Å². The van der Waals surface area contributed by atoms with Crippen molar-refractivity contribution in [1.82, 2.24) is 0 Å². The minimum Gasteiger partial charge on any atom is -0.489 e. The number of ether oxygens (including phenoxy) is 2. The van der Waals surface area contributed by atoms with Crippen molar-refractivity contribution in [2.75, 3.05) is 5.32 Å². The average Bonchev–Trinajstić information content (AvgIpc) is 2.47. The Bertz CT molecular complexity index is 625. The van der Waals surface area contributed by atoms with Crippen molar-refractivity contribution in [3.05, 3.63) is 54.1 Å². The fourth-order valence-electron chi connectivity index (χ4n) is 2.01. The van der Waals surface area contributed by atoms with Crippen LogP contribution in [0, 0.1) is 0 Å². The summed E-state index contributed by atoms with van der Waals surface area (Å²) < 4.78 is 11.3. The number of hydrogen-bond donors (Lipinski definition) is 1. The predicted octanol–water partition coefficient (Wildman–Crippen LogP) is 2.99. The first-order chi connectivity index (χ1) is 9.72. The standard InChI is InChI=1S/C16H15NO3/c1-11-16(18)17-14-8-7-13(9-15(14)20-11)19-10-12-5-3-2-4-6-12/h2-9,11H,10H2,1H3,(H,17,18). The summed E-state index contributed by atoms with van der Waals surface area (Å²) in [4.78, 5) is 11.5. The SMILES string of the molecule is CC1Oc2cc(OCc3ccccc3)ccc2NC1=O. The zero-order chi connectivity index (χ0) is 13.9. The summed E-state index contributed by atoms with van der Waals surface area (Å²) in [6.45, 7) is 2.22. The van der Waals surface area contributed by atoms with Crippen molar-refractivity contribution in [3.8, 4) is 11.5 Å². The van der Waals surface area contributed by atoms with E-state index < -0.39 is 6.10 Å². The third-order valence-electron chi connectivity index (χ3n) is 3.13. The molecule has 3 rings (SSSR count). The largest absolute Gasteiger partial charge is 0.489 e. The topological polar surface area (TPSA) is 47.6 Å². The van der Waals surface area contributed by atoms with Crippen LogP contribution >= 0.6 is 0 Å². The van der Waals surface area contributed by atoms with Crippen LogP contribution in [0.5, 0.6) is 11.5 Å². The van der Waals surface area contributed by atoms with Gasteiger partial charge in [-0.15, -0.1) is 0 Å². The highest BCUT2D eigenvalue weighted by molar-refractivity contribution is 5.97. The first kappa shape index (κ1) is 12.5. The summed E-state index contributed by atoms with van der Waals surface area (Å²) in [5.74, 6) is 1.23. The Labute approximate surface area is 117 Å². The van der Waals surface area contributed by atoms with Crippen molar-refractivity contribution in [2.24, 2.45) is 0 Å². The van der Waals surface area contributed by atoms with Gasteiger partial charge in [0.05, 0.1) is 5.69 Å². The van der Waals surface area contributed by atoms with E-state index in [1.807, 2.05) is 36.4 Å². The number of nitrogens with one attached hydrogen (secondary N) is 1. The maximum absolute atomic E-state index is 11.5. The number of rotatable bonds is 3. The number of amides is 1. The van der Waals surface area contributed by atoms with Crippen molar-refractivity contribution in [2.45, 2.75) is 19.6 Å². The molecule has 0 radical (unpaired) electrons. The molecule has 102 valence electrons. The Hall–Kier alpha value is -2.49. The van der Waals surface area contributed by atoms with Gasteiger partial charge in [-0.3, -0.25) is 4.79 Å². The van der Waals surface area contributed by atoms with Gasteiger partial charge < -0.3 is 14.8 Å². The zero-order valence-corrected chi connectivity index (χ0v) is 11.1. The molecule has 0 saturated heterocycles. The van der Waals surface area contributed by atoms with Crippen molar-refractivity contribution < 1.29 is 14.3 Å². The van der Waals surface area contributed by atoms with Crippen molar-refractivity contribution in [1.29, 1.82) is 0 Å². The molecule has 20 heavy (non-hydrogen) atoms. The summed E-state index contributed by atoms with van der Waals surface area (Å²) in [5.41, 5.74) is 1.79. The molecular formula is C16H15NO3. The summed E-state index contributed by atoms with van der Waals surface area (Å²) in [7, 11) is 0.